The Morgan fingerprint density at radius 2 is 1.57 bits per heavy atom. The van der Waals surface area contributed by atoms with Crippen LogP contribution in [0.3, 0.4) is 0 Å². The molecule has 2 aromatic rings. The van der Waals surface area contributed by atoms with Gasteiger partial charge in [-0.1, -0.05) is 6.07 Å². The molecule has 0 bridgehead atoms. The van der Waals surface area contributed by atoms with E-state index in [2.05, 4.69) is 15.2 Å². The van der Waals surface area contributed by atoms with Gasteiger partial charge in [0.05, 0.1) is 22.5 Å². The number of aromatic nitrogens is 3. The average Bonchev–Trinajstić information content (AvgIpc) is 2.69. The quantitative estimate of drug-likeness (QED) is 0.787. The van der Waals surface area contributed by atoms with E-state index in [-0.39, 0.29) is 11.2 Å². The number of rotatable bonds is 2. The van der Waals surface area contributed by atoms with Gasteiger partial charge in [-0.15, -0.1) is 5.10 Å². The number of pyridine rings is 1. The molecule has 0 N–H and O–H groups in total. The molecule has 1 saturated heterocycles. The minimum absolute atomic E-state index is 0.376. The fourth-order valence-corrected chi connectivity index (χ4v) is 2.08. The Morgan fingerprint density at radius 3 is 2.10 bits per heavy atom. The van der Waals surface area contributed by atoms with Gasteiger partial charge in [-0.3, -0.25) is 4.98 Å². The normalized spacial score (nSPS) is 19.7. The van der Waals surface area contributed by atoms with Crippen LogP contribution in [-0.4, -0.2) is 33.5 Å². The van der Waals surface area contributed by atoms with E-state index in [1.54, 1.807) is 6.20 Å². The zero-order valence-electron chi connectivity index (χ0n) is 12.7. The van der Waals surface area contributed by atoms with Gasteiger partial charge in [-0.25, -0.2) is 0 Å². The smallest absolute Gasteiger partial charge is 0.398 e. The second-order valence-electron chi connectivity index (χ2n) is 6.15. The van der Waals surface area contributed by atoms with Crippen molar-refractivity contribution in [3.05, 3.63) is 36.5 Å². The maximum atomic E-state index is 5.96. The van der Waals surface area contributed by atoms with E-state index in [1.807, 2.05) is 58.0 Å². The molecular formula is C15H18BN3O2. The molecule has 2 aromatic heterocycles. The van der Waals surface area contributed by atoms with Crippen LogP contribution >= 0.6 is 0 Å². The molecular weight excluding hydrogens is 265 g/mol. The highest BCUT2D eigenvalue weighted by Gasteiger charge is 2.52. The number of hydrogen-bond acceptors (Lipinski definition) is 5. The van der Waals surface area contributed by atoms with Crippen molar-refractivity contribution in [2.24, 2.45) is 0 Å². The van der Waals surface area contributed by atoms with Gasteiger partial charge in [-0.2, -0.15) is 5.10 Å². The molecule has 1 fully saturated rings. The molecule has 0 unspecified atom stereocenters. The van der Waals surface area contributed by atoms with Crippen LogP contribution in [0.4, 0.5) is 0 Å². The second kappa shape index (κ2) is 4.89. The van der Waals surface area contributed by atoms with E-state index >= 15 is 0 Å². The molecule has 0 spiro atoms. The van der Waals surface area contributed by atoms with Gasteiger partial charge in [0, 0.05) is 6.20 Å². The highest BCUT2D eigenvalue weighted by atomic mass is 16.7. The minimum atomic E-state index is -0.486. The van der Waals surface area contributed by atoms with Gasteiger partial charge in [0.2, 0.25) is 0 Å². The van der Waals surface area contributed by atoms with Gasteiger partial charge in [0.1, 0.15) is 5.69 Å². The first-order valence-corrected chi connectivity index (χ1v) is 7.00. The van der Waals surface area contributed by atoms with Crippen molar-refractivity contribution >= 4 is 12.7 Å². The average molecular weight is 283 g/mol. The van der Waals surface area contributed by atoms with Gasteiger partial charge in [-0.05, 0) is 52.0 Å². The van der Waals surface area contributed by atoms with E-state index in [0.717, 1.165) is 11.4 Å². The third kappa shape index (κ3) is 2.56. The molecule has 3 rings (SSSR count). The highest BCUT2D eigenvalue weighted by molar-refractivity contribution is 6.61. The SMILES string of the molecule is CC1(C)OB(c2ccc(-c3ccccn3)nn2)OC1(C)C. The van der Waals surface area contributed by atoms with Gasteiger partial charge >= 0.3 is 7.12 Å². The summed E-state index contributed by atoms with van der Waals surface area (Å²) in [5, 5.41) is 8.44. The lowest BCUT2D eigenvalue weighted by molar-refractivity contribution is 0.00578. The van der Waals surface area contributed by atoms with E-state index < -0.39 is 7.12 Å². The van der Waals surface area contributed by atoms with Crippen LogP contribution in [0, 0.1) is 0 Å². The summed E-state index contributed by atoms with van der Waals surface area (Å²) in [7, 11) is -0.486. The van der Waals surface area contributed by atoms with Crippen molar-refractivity contribution in [3.63, 3.8) is 0 Å². The number of nitrogens with zero attached hydrogens (tertiary/aromatic N) is 3. The van der Waals surface area contributed by atoms with Crippen molar-refractivity contribution < 1.29 is 9.31 Å². The van der Waals surface area contributed by atoms with Crippen LogP contribution in [0.2, 0.25) is 0 Å². The predicted molar refractivity (Wildman–Crippen MR) is 81.0 cm³/mol. The fourth-order valence-electron chi connectivity index (χ4n) is 2.08. The largest absolute Gasteiger partial charge is 0.516 e. The molecule has 0 aliphatic carbocycles. The molecule has 0 atom stereocenters. The summed E-state index contributed by atoms with van der Waals surface area (Å²) in [6.45, 7) is 8.07. The number of hydrogen-bond donors (Lipinski definition) is 0. The van der Waals surface area contributed by atoms with E-state index in [0.29, 0.717) is 5.59 Å². The topological polar surface area (TPSA) is 57.1 Å². The first-order chi connectivity index (χ1) is 9.89. The van der Waals surface area contributed by atoms with Crippen molar-refractivity contribution in [2.75, 3.05) is 0 Å². The lowest BCUT2D eigenvalue weighted by atomic mass is 9.84. The first-order valence-electron chi connectivity index (χ1n) is 7.00. The zero-order chi connectivity index (χ0) is 15.1. The van der Waals surface area contributed by atoms with E-state index in [4.69, 9.17) is 9.31 Å². The zero-order valence-corrected chi connectivity index (χ0v) is 12.7. The summed E-state index contributed by atoms with van der Waals surface area (Å²) in [4.78, 5) is 4.26. The van der Waals surface area contributed by atoms with Crippen molar-refractivity contribution in [3.8, 4) is 11.4 Å². The summed E-state index contributed by atoms with van der Waals surface area (Å²) < 4.78 is 11.9. The molecule has 0 radical (unpaired) electrons. The molecule has 0 saturated carbocycles. The Kier molecular flexibility index (Phi) is 3.30. The lowest BCUT2D eigenvalue weighted by Gasteiger charge is -2.32. The summed E-state index contributed by atoms with van der Waals surface area (Å²) in [6, 6.07) is 9.45. The van der Waals surface area contributed by atoms with E-state index in [9.17, 15) is 0 Å². The molecule has 21 heavy (non-hydrogen) atoms. The second-order valence-corrected chi connectivity index (χ2v) is 6.15. The summed E-state index contributed by atoms with van der Waals surface area (Å²) >= 11 is 0. The fraction of sp³-hybridized carbons (Fsp3) is 0.400. The standard InChI is InChI=1S/C15H18BN3O2/c1-14(2)15(3,4)21-16(20-14)13-9-8-12(18-19-13)11-7-5-6-10-17-11/h5-10H,1-4H3. The summed E-state index contributed by atoms with van der Waals surface area (Å²) in [5.74, 6) is 0. The Morgan fingerprint density at radius 1 is 0.857 bits per heavy atom. The van der Waals surface area contributed by atoms with Crippen LogP contribution in [-0.2, 0) is 9.31 Å². The van der Waals surface area contributed by atoms with Gasteiger partial charge in [0.25, 0.3) is 0 Å². The summed E-state index contributed by atoms with van der Waals surface area (Å²) in [6.07, 6.45) is 1.74. The maximum Gasteiger partial charge on any atom is 0.516 e. The van der Waals surface area contributed by atoms with Crippen molar-refractivity contribution in [2.45, 2.75) is 38.9 Å². The third-order valence-corrected chi connectivity index (χ3v) is 4.11. The van der Waals surface area contributed by atoms with Crippen LogP contribution in [0.5, 0.6) is 0 Å². The molecule has 1 aliphatic rings. The highest BCUT2D eigenvalue weighted by Crippen LogP contribution is 2.36. The first kappa shape index (κ1) is 14.2. The van der Waals surface area contributed by atoms with Gasteiger partial charge < -0.3 is 9.31 Å². The Balaban J connectivity index is 1.83. The van der Waals surface area contributed by atoms with Crippen molar-refractivity contribution in [1.29, 1.82) is 0 Å². The lowest BCUT2D eigenvalue weighted by Crippen LogP contribution is -2.41. The molecule has 0 aromatic carbocycles. The molecule has 3 heterocycles. The Labute approximate surface area is 124 Å². The van der Waals surface area contributed by atoms with Crippen LogP contribution in [0.15, 0.2) is 36.5 Å². The van der Waals surface area contributed by atoms with E-state index in [1.165, 1.54) is 0 Å². The monoisotopic (exact) mass is 283 g/mol. The molecule has 108 valence electrons. The summed E-state index contributed by atoms with van der Waals surface area (Å²) in [5.41, 5.74) is 1.45. The third-order valence-electron chi connectivity index (χ3n) is 4.11. The van der Waals surface area contributed by atoms with Crippen LogP contribution in [0.1, 0.15) is 27.7 Å². The molecule has 1 aliphatic heterocycles. The predicted octanol–water partition coefficient (Wildman–Crippen LogP) is 1.84. The molecule has 0 amide bonds. The van der Waals surface area contributed by atoms with Crippen LogP contribution in [0.25, 0.3) is 11.4 Å². The Hall–Kier alpha value is -1.79. The molecule has 6 heteroatoms. The maximum absolute atomic E-state index is 5.96. The van der Waals surface area contributed by atoms with Gasteiger partial charge in [0.15, 0.2) is 0 Å². The van der Waals surface area contributed by atoms with Crippen molar-refractivity contribution in [1.82, 2.24) is 15.2 Å². The molecule has 5 nitrogen and oxygen atoms in total. The minimum Gasteiger partial charge on any atom is -0.398 e. The Bertz CT molecular complexity index is 613. The van der Waals surface area contributed by atoms with Crippen LogP contribution < -0.4 is 5.59 Å².